The zero-order valence-electron chi connectivity index (χ0n) is 7.75. The predicted octanol–water partition coefficient (Wildman–Crippen LogP) is 4.70. The van der Waals surface area contributed by atoms with Gasteiger partial charge in [0.2, 0.25) is 0 Å². The first-order valence-electron chi connectivity index (χ1n) is 4.27. The van der Waals surface area contributed by atoms with Gasteiger partial charge in [0, 0.05) is 37.7 Å². The summed E-state index contributed by atoms with van der Waals surface area (Å²) in [7, 11) is 1.46. The SMILES string of the molecule is FC(F)(F)c1ccc2c(SI)ccnc2c1. The highest BCUT2D eigenvalue weighted by Crippen LogP contribution is 2.35. The normalized spacial score (nSPS) is 12.0. The molecule has 1 aromatic carbocycles. The summed E-state index contributed by atoms with van der Waals surface area (Å²) in [4.78, 5) is 4.86. The van der Waals surface area contributed by atoms with Crippen LogP contribution in [0.4, 0.5) is 13.2 Å². The van der Waals surface area contributed by atoms with Gasteiger partial charge in [-0.2, -0.15) is 13.2 Å². The summed E-state index contributed by atoms with van der Waals surface area (Å²) in [5, 5.41) is 0.745. The van der Waals surface area contributed by atoms with Crippen molar-refractivity contribution < 1.29 is 13.2 Å². The molecule has 16 heavy (non-hydrogen) atoms. The quantitative estimate of drug-likeness (QED) is 0.688. The van der Waals surface area contributed by atoms with Gasteiger partial charge in [-0.1, -0.05) is 15.0 Å². The Morgan fingerprint density at radius 3 is 2.56 bits per heavy atom. The smallest absolute Gasteiger partial charge is 0.256 e. The lowest BCUT2D eigenvalue weighted by Gasteiger charge is -2.08. The van der Waals surface area contributed by atoms with Crippen molar-refractivity contribution in [3.05, 3.63) is 36.0 Å². The third-order valence-corrected chi connectivity index (χ3v) is 4.06. The Kier molecular flexibility index (Phi) is 3.29. The molecule has 1 heterocycles. The van der Waals surface area contributed by atoms with Gasteiger partial charge < -0.3 is 0 Å². The average molecular weight is 355 g/mol. The standard InChI is InChI=1S/C10H5F3INS/c11-10(12,13)6-1-2-7-8(5-6)15-4-3-9(7)16-14/h1-5H. The molecule has 0 saturated carbocycles. The van der Waals surface area contributed by atoms with E-state index in [1.807, 2.05) is 0 Å². The molecule has 0 spiro atoms. The Hall–Kier alpha value is -0.500. The van der Waals surface area contributed by atoms with E-state index in [0.29, 0.717) is 5.52 Å². The number of nitrogens with zero attached hydrogens (tertiary/aromatic N) is 1. The van der Waals surface area contributed by atoms with Crippen LogP contribution in [0.3, 0.4) is 0 Å². The van der Waals surface area contributed by atoms with Crippen LogP contribution in [-0.2, 0) is 6.18 Å². The summed E-state index contributed by atoms with van der Waals surface area (Å²) in [5.74, 6) is 0. The number of rotatable bonds is 1. The van der Waals surface area contributed by atoms with E-state index in [-0.39, 0.29) is 0 Å². The number of pyridine rings is 1. The molecule has 1 aromatic heterocycles. The molecular weight excluding hydrogens is 350 g/mol. The van der Waals surface area contributed by atoms with Gasteiger partial charge in [-0.15, -0.1) is 0 Å². The number of benzene rings is 1. The van der Waals surface area contributed by atoms with Gasteiger partial charge in [0.25, 0.3) is 0 Å². The molecule has 0 amide bonds. The maximum Gasteiger partial charge on any atom is 0.416 e. The molecule has 0 aliphatic carbocycles. The first kappa shape index (κ1) is 12.0. The van der Waals surface area contributed by atoms with Gasteiger partial charge in [-0.05, 0) is 18.2 Å². The van der Waals surface area contributed by atoms with E-state index in [4.69, 9.17) is 0 Å². The van der Waals surface area contributed by atoms with Crippen LogP contribution < -0.4 is 0 Å². The Balaban J connectivity index is 2.64. The third kappa shape index (κ3) is 2.27. The second-order valence-corrected chi connectivity index (χ2v) is 5.03. The molecule has 0 saturated heterocycles. The minimum Gasteiger partial charge on any atom is -0.256 e. The summed E-state index contributed by atoms with van der Waals surface area (Å²) in [6.45, 7) is 0. The molecule has 2 aromatic rings. The fourth-order valence-corrected chi connectivity index (χ4v) is 2.89. The van der Waals surface area contributed by atoms with Crippen LogP contribution in [0.15, 0.2) is 35.4 Å². The van der Waals surface area contributed by atoms with Crippen LogP contribution >= 0.6 is 30.1 Å². The van der Waals surface area contributed by atoms with Gasteiger partial charge >= 0.3 is 6.18 Å². The highest BCUT2D eigenvalue weighted by Gasteiger charge is 2.30. The Morgan fingerprint density at radius 1 is 1.19 bits per heavy atom. The van der Waals surface area contributed by atoms with E-state index in [9.17, 15) is 13.2 Å². The summed E-state index contributed by atoms with van der Waals surface area (Å²) >= 11 is 2.09. The van der Waals surface area contributed by atoms with Gasteiger partial charge in [-0.3, -0.25) is 4.98 Å². The first-order chi connectivity index (χ1) is 7.52. The number of aromatic nitrogens is 1. The van der Waals surface area contributed by atoms with E-state index in [1.165, 1.54) is 21.2 Å². The molecular formula is C10H5F3INS. The molecule has 0 aliphatic rings. The van der Waals surface area contributed by atoms with E-state index in [2.05, 4.69) is 26.2 Å². The fourth-order valence-electron chi connectivity index (χ4n) is 1.37. The second-order valence-electron chi connectivity index (χ2n) is 3.12. The summed E-state index contributed by atoms with van der Waals surface area (Å²) in [6.07, 6.45) is -2.80. The largest absolute Gasteiger partial charge is 0.416 e. The fraction of sp³-hybridized carbons (Fsp3) is 0.100. The van der Waals surface area contributed by atoms with Crippen LogP contribution in [0.5, 0.6) is 0 Å². The number of hydrogen-bond donors (Lipinski definition) is 0. The summed E-state index contributed by atoms with van der Waals surface area (Å²) in [6, 6.07) is 5.41. The van der Waals surface area contributed by atoms with Crippen LogP contribution in [0.1, 0.15) is 5.56 Å². The number of halogens is 4. The zero-order valence-corrected chi connectivity index (χ0v) is 10.7. The van der Waals surface area contributed by atoms with Crippen LogP contribution in [0, 0.1) is 0 Å². The highest BCUT2D eigenvalue weighted by atomic mass is 127. The van der Waals surface area contributed by atoms with E-state index in [0.717, 1.165) is 22.4 Å². The van der Waals surface area contributed by atoms with Crippen molar-refractivity contribution in [1.29, 1.82) is 0 Å². The lowest BCUT2D eigenvalue weighted by Crippen LogP contribution is -2.04. The van der Waals surface area contributed by atoms with Crippen LogP contribution in [-0.4, -0.2) is 4.98 Å². The van der Waals surface area contributed by atoms with Crippen molar-refractivity contribution in [3.63, 3.8) is 0 Å². The molecule has 0 atom stereocenters. The molecule has 0 bridgehead atoms. The van der Waals surface area contributed by atoms with E-state index < -0.39 is 11.7 Å². The molecule has 0 aliphatic heterocycles. The minimum absolute atomic E-state index is 0.372. The van der Waals surface area contributed by atoms with Gasteiger partial charge in [0.1, 0.15) is 0 Å². The topological polar surface area (TPSA) is 12.9 Å². The van der Waals surface area contributed by atoms with Crippen molar-refractivity contribution in [2.24, 2.45) is 0 Å². The van der Waals surface area contributed by atoms with Crippen LogP contribution in [0.2, 0.25) is 0 Å². The van der Waals surface area contributed by atoms with Crippen molar-refractivity contribution in [2.75, 3.05) is 0 Å². The van der Waals surface area contributed by atoms with E-state index in [1.54, 1.807) is 6.07 Å². The first-order valence-corrected chi connectivity index (χ1v) is 7.63. The van der Waals surface area contributed by atoms with E-state index >= 15 is 0 Å². The molecule has 0 N–H and O–H groups in total. The lowest BCUT2D eigenvalue weighted by molar-refractivity contribution is -0.137. The molecule has 84 valence electrons. The average Bonchev–Trinajstić information content (AvgIpc) is 2.26. The minimum atomic E-state index is -4.32. The number of fused-ring (bicyclic) bond motifs is 1. The third-order valence-electron chi connectivity index (χ3n) is 2.11. The van der Waals surface area contributed by atoms with Gasteiger partial charge in [0.15, 0.2) is 0 Å². The molecule has 6 heteroatoms. The molecule has 2 rings (SSSR count). The molecule has 0 radical (unpaired) electrons. The predicted molar refractivity (Wildman–Crippen MR) is 66.6 cm³/mol. The molecule has 1 nitrogen and oxygen atoms in total. The molecule has 0 unspecified atom stereocenters. The second kappa shape index (κ2) is 4.40. The van der Waals surface area contributed by atoms with Crippen molar-refractivity contribution in [1.82, 2.24) is 4.98 Å². The van der Waals surface area contributed by atoms with Gasteiger partial charge in [-0.25, -0.2) is 0 Å². The lowest BCUT2D eigenvalue weighted by atomic mass is 10.1. The monoisotopic (exact) mass is 355 g/mol. The maximum absolute atomic E-state index is 12.5. The molecule has 0 fully saturated rings. The van der Waals surface area contributed by atoms with Crippen molar-refractivity contribution in [3.8, 4) is 0 Å². The maximum atomic E-state index is 12.5. The Morgan fingerprint density at radius 2 is 1.94 bits per heavy atom. The van der Waals surface area contributed by atoms with Crippen molar-refractivity contribution in [2.45, 2.75) is 11.1 Å². The Labute approximate surface area is 106 Å². The summed E-state index contributed by atoms with van der Waals surface area (Å²) in [5.41, 5.74) is -0.292. The van der Waals surface area contributed by atoms with Gasteiger partial charge in [0.05, 0.1) is 11.1 Å². The van der Waals surface area contributed by atoms with Crippen molar-refractivity contribution >= 4 is 41.0 Å². The van der Waals surface area contributed by atoms with Crippen LogP contribution in [0.25, 0.3) is 10.9 Å². The number of alkyl halides is 3. The Bertz CT molecular complexity index is 527. The number of hydrogen-bond acceptors (Lipinski definition) is 2. The summed E-state index contributed by atoms with van der Waals surface area (Å²) < 4.78 is 37.4. The highest BCUT2D eigenvalue weighted by molar-refractivity contribution is 14.2. The zero-order chi connectivity index (χ0) is 11.8.